The molecular formula is C11H22N2. The summed E-state index contributed by atoms with van der Waals surface area (Å²) >= 11 is 0. The third-order valence-electron chi connectivity index (χ3n) is 3.47. The highest BCUT2D eigenvalue weighted by atomic mass is 15.3. The number of hydrogen-bond acceptors (Lipinski definition) is 2. The van der Waals surface area contributed by atoms with Crippen LogP contribution in [0, 0.1) is 5.92 Å². The van der Waals surface area contributed by atoms with Gasteiger partial charge in [0.05, 0.1) is 0 Å². The van der Waals surface area contributed by atoms with Gasteiger partial charge in [0.2, 0.25) is 0 Å². The molecule has 1 N–H and O–H groups in total. The molecule has 1 saturated heterocycles. The lowest BCUT2D eigenvalue weighted by Crippen LogP contribution is -2.57. The Kier molecular flexibility index (Phi) is 2.61. The summed E-state index contributed by atoms with van der Waals surface area (Å²) in [7, 11) is 0. The van der Waals surface area contributed by atoms with Crippen LogP contribution < -0.4 is 5.32 Å². The molecule has 2 aliphatic rings. The molecule has 0 aromatic heterocycles. The molecule has 2 heteroatoms. The molecule has 1 saturated carbocycles. The highest BCUT2D eigenvalue weighted by Gasteiger charge is 2.36. The largest absolute Gasteiger partial charge is 0.311 e. The van der Waals surface area contributed by atoms with Gasteiger partial charge in [0.25, 0.3) is 0 Å². The van der Waals surface area contributed by atoms with Gasteiger partial charge in [-0.15, -0.1) is 0 Å². The molecule has 1 aliphatic carbocycles. The number of hydrogen-bond donors (Lipinski definition) is 1. The molecule has 2 atom stereocenters. The van der Waals surface area contributed by atoms with Gasteiger partial charge in [-0.3, -0.25) is 4.90 Å². The topological polar surface area (TPSA) is 15.3 Å². The van der Waals surface area contributed by atoms with E-state index in [1.54, 1.807) is 0 Å². The van der Waals surface area contributed by atoms with Crippen LogP contribution in [0.5, 0.6) is 0 Å². The highest BCUT2D eigenvalue weighted by Crippen LogP contribution is 2.30. The fourth-order valence-corrected chi connectivity index (χ4v) is 2.27. The van der Waals surface area contributed by atoms with E-state index in [2.05, 4.69) is 31.0 Å². The summed E-state index contributed by atoms with van der Waals surface area (Å²) in [6.45, 7) is 9.43. The van der Waals surface area contributed by atoms with E-state index in [-0.39, 0.29) is 0 Å². The Balaban J connectivity index is 1.92. The first-order chi connectivity index (χ1) is 6.18. The van der Waals surface area contributed by atoms with Crippen molar-refractivity contribution < 1.29 is 0 Å². The smallest absolute Gasteiger partial charge is 0.0218 e. The van der Waals surface area contributed by atoms with E-state index in [4.69, 9.17) is 0 Å². The van der Waals surface area contributed by atoms with Gasteiger partial charge in [0.15, 0.2) is 0 Å². The first-order valence-electron chi connectivity index (χ1n) is 5.67. The molecule has 2 rings (SSSR count). The molecule has 0 bridgehead atoms. The fourth-order valence-electron chi connectivity index (χ4n) is 2.27. The van der Waals surface area contributed by atoms with E-state index in [9.17, 15) is 0 Å². The molecule has 2 unspecified atom stereocenters. The summed E-state index contributed by atoms with van der Waals surface area (Å²) in [6, 6.07) is 2.40. The first kappa shape index (κ1) is 9.47. The van der Waals surface area contributed by atoms with E-state index in [1.807, 2.05) is 0 Å². The number of piperazine rings is 1. The van der Waals surface area contributed by atoms with Crippen molar-refractivity contribution in [1.82, 2.24) is 10.2 Å². The molecular weight excluding hydrogens is 160 g/mol. The summed E-state index contributed by atoms with van der Waals surface area (Å²) in [5, 5.41) is 3.64. The molecule has 2 fully saturated rings. The van der Waals surface area contributed by atoms with Gasteiger partial charge in [-0.2, -0.15) is 0 Å². The zero-order valence-corrected chi connectivity index (χ0v) is 9.09. The normalized spacial score (nSPS) is 36.9. The number of nitrogens with one attached hydrogen (secondary N) is 1. The molecule has 13 heavy (non-hydrogen) atoms. The van der Waals surface area contributed by atoms with E-state index < -0.39 is 0 Å². The lowest BCUT2D eigenvalue weighted by molar-refractivity contribution is 0.115. The maximum absolute atomic E-state index is 3.64. The molecule has 0 radical (unpaired) electrons. The molecule has 76 valence electrons. The van der Waals surface area contributed by atoms with Gasteiger partial charge >= 0.3 is 0 Å². The van der Waals surface area contributed by atoms with Crippen molar-refractivity contribution in [2.24, 2.45) is 5.92 Å². The van der Waals surface area contributed by atoms with E-state index in [0.29, 0.717) is 0 Å². The summed E-state index contributed by atoms with van der Waals surface area (Å²) in [6.07, 6.45) is 2.88. The van der Waals surface area contributed by atoms with E-state index in [1.165, 1.54) is 25.9 Å². The Bertz CT molecular complexity index is 175. The molecule has 1 heterocycles. The third kappa shape index (κ3) is 2.05. The fraction of sp³-hybridized carbons (Fsp3) is 1.00. The van der Waals surface area contributed by atoms with Crippen molar-refractivity contribution >= 4 is 0 Å². The zero-order chi connectivity index (χ0) is 9.42. The predicted octanol–water partition coefficient (Wildman–Crippen LogP) is 1.47. The lowest BCUT2D eigenvalue weighted by Gasteiger charge is -2.40. The van der Waals surface area contributed by atoms with Crippen LogP contribution in [-0.4, -0.2) is 36.1 Å². The van der Waals surface area contributed by atoms with Crippen LogP contribution in [0.4, 0.5) is 0 Å². The monoisotopic (exact) mass is 182 g/mol. The van der Waals surface area contributed by atoms with Gasteiger partial charge < -0.3 is 5.32 Å². The first-order valence-corrected chi connectivity index (χ1v) is 5.67. The molecule has 0 aromatic carbocycles. The Morgan fingerprint density at radius 1 is 1.31 bits per heavy atom. The molecule has 1 aliphatic heterocycles. The molecule has 2 nitrogen and oxygen atoms in total. The number of rotatable bonds is 2. The number of nitrogens with zero attached hydrogens (tertiary/aromatic N) is 1. The van der Waals surface area contributed by atoms with Crippen molar-refractivity contribution in [2.75, 3.05) is 13.1 Å². The Morgan fingerprint density at radius 3 is 2.54 bits per heavy atom. The van der Waals surface area contributed by atoms with Gasteiger partial charge in [0.1, 0.15) is 0 Å². The molecule has 0 spiro atoms. The van der Waals surface area contributed by atoms with Crippen LogP contribution in [0.2, 0.25) is 0 Å². The Hall–Kier alpha value is -0.0800. The maximum Gasteiger partial charge on any atom is 0.0218 e. The van der Waals surface area contributed by atoms with Crippen LogP contribution in [0.15, 0.2) is 0 Å². The second-order valence-electron chi connectivity index (χ2n) is 5.04. The lowest BCUT2D eigenvalue weighted by atomic mass is 10.00. The van der Waals surface area contributed by atoms with Gasteiger partial charge in [0, 0.05) is 31.2 Å². The summed E-state index contributed by atoms with van der Waals surface area (Å²) in [4.78, 5) is 2.71. The van der Waals surface area contributed by atoms with Gasteiger partial charge in [-0.25, -0.2) is 0 Å². The second kappa shape index (κ2) is 3.58. The minimum atomic E-state index is 0.719. The van der Waals surface area contributed by atoms with Crippen LogP contribution in [0.25, 0.3) is 0 Å². The summed E-state index contributed by atoms with van der Waals surface area (Å²) in [5.41, 5.74) is 0. The van der Waals surface area contributed by atoms with Crippen LogP contribution in [0.3, 0.4) is 0 Å². The van der Waals surface area contributed by atoms with Crippen molar-refractivity contribution in [3.8, 4) is 0 Å². The third-order valence-corrected chi connectivity index (χ3v) is 3.47. The van der Waals surface area contributed by atoms with E-state index in [0.717, 1.165) is 24.0 Å². The maximum atomic E-state index is 3.64. The zero-order valence-electron chi connectivity index (χ0n) is 9.09. The van der Waals surface area contributed by atoms with Crippen molar-refractivity contribution in [1.29, 1.82) is 0 Å². The molecule has 0 amide bonds. The quantitative estimate of drug-likeness (QED) is 0.695. The SMILES string of the molecule is CC(C)C1CN(C2CC2)C(C)CN1. The Labute approximate surface area is 81.7 Å². The van der Waals surface area contributed by atoms with Crippen LogP contribution >= 0.6 is 0 Å². The average molecular weight is 182 g/mol. The highest BCUT2D eigenvalue weighted by molar-refractivity contribution is 4.94. The van der Waals surface area contributed by atoms with Gasteiger partial charge in [-0.1, -0.05) is 13.8 Å². The summed E-state index contributed by atoms with van der Waals surface area (Å²) < 4.78 is 0. The minimum Gasteiger partial charge on any atom is -0.311 e. The van der Waals surface area contributed by atoms with Crippen molar-refractivity contribution in [3.05, 3.63) is 0 Å². The van der Waals surface area contributed by atoms with Crippen LogP contribution in [-0.2, 0) is 0 Å². The van der Waals surface area contributed by atoms with E-state index >= 15 is 0 Å². The average Bonchev–Trinajstić information content (AvgIpc) is 2.87. The summed E-state index contributed by atoms with van der Waals surface area (Å²) in [5.74, 6) is 0.772. The predicted molar refractivity (Wildman–Crippen MR) is 55.8 cm³/mol. The Morgan fingerprint density at radius 2 is 2.00 bits per heavy atom. The standard InChI is InChI=1S/C11H22N2/c1-8(2)11-7-13(10-4-5-10)9(3)6-12-11/h8-12H,4-7H2,1-3H3. The van der Waals surface area contributed by atoms with Crippen molar-refractivity contribution in [2.45, 2.75) is 51.7 Å². The second-order valence-corrected chi connectivity index (χ2v) is 5.04. The van der Waals surface area contributed by atoms with Gasteiger partial charge in [-0.05, 0) is 25.7 Å². The van der Waals surface area contributed by atoms with Crippen molar-refractivity contribution in [3.63, 3.8) is 0 Å². The van der Waals surface area contributed by atoms with Crippen LogP contribution in [0.1, 0.15) is 33.6 Å². The minimum absolute atomic E-state index is 0.719. The molecule has 0 aromatic rings.